The van der Waals surface area contributed by atoms with E-state index in [9.17, 15) is 0 Å². The third-order valence-corrected chi connectivity index (χ3v) is 2.56. The van der Waals surface area contributed by atoms with E-state index in [1.165, 1.54) is 0 Å². The molecule has 2 aromatic heterocycles. The van der Waals surface area contributed by atoms with Gasteiger partial charge in [-0.05, 0) is 0 Å². The second-order valence-corrected chi connectivity index (χ2v) is 4.09. The molecule has 2 heterocycles. The minimum Gasteiger partial charge on any atom is -0.360 e. The fourth-order valence-electron chi connectivity index (χ4n) is 1.66. The molecule has 0 atom stereocenters. The third-order valence-electron chi connectivity index (χ3n) is 2.56. The van der Waals surface area contributed by atoms with Gasteiger partial charge >= 0.3 is 0 Å². The number of imidazole rings is 1. The fraction of sp³-hybridized carbons (Fsp3) is 0.455. The van der Waals surface area contributed by atoms with E-state index in [0.29, 0.717) is 6.54 Å². The molecule has 0 spiro atoms. The zero-order valence-electron chi connectivity index (χ0n) is 10.3. The lowest BCUT2D eigenvalue weighted by Gasteiger charge is -2.12. The summed E-state index contributed by atoms with van der Waals surface area (Å²) in [6, 6.07) is 1.85. The molecule has 0 aromatic carbocycles. The number of rotatable bonds is 5. The number of hydrogen-bond acceptors (Lipinski definition) is 5. The van der Waals surface area contributed by atoms with Gasteiger partial charge in [-0.2, -0.15) is 0 Å². The maximum atomic E-state index is 5.00. The van der Waals surface area contributed by atoms with Crippen LogP contribution in [0.4, 0.5) is 5.95 Å². The first-order valence-corrected chi connectivity index (χ1v) is 5.46. The Morgan fingerprint density at radius 2 is 2.24 bits per heavy atom. The van der Waals surface area contributed by atoms with Crippen LogP contribution < -0.4 is 10.2 Å². The van der Waals surface area contributed by atoms with Gasteiger partial charge < -0.3 is 19.3 Å². The van der Waals surface area contributed by atoms with E-state index in [2.05, 4.69) is 20.0 Å². The molecule has 17 heavy (non-hydrogen) atoms. The van der Waals surface area contributed by atoms with Crippen molar-refractivity contribution >= 4 is 5.95 Å². The van der Waals surface area contributed by atoms with Crippen LogP contribution in [0.5, 0.6) is 0 Å². The molecule has 0 saturated heterocycles. The zero-order valence-corrected chi connectivity index (χ0v) is 10.3. The van der Waals surface area contributed by atoms with Gasteiger partial charge in [0.15, 0.2) is 0 Å². The Morgan fingerprint density at radius 3 is 2.82 bits per heavy atom. The summed E-state index contributed by atoms with van der Waals surface area (Å²) >= 11 is 0. The van der Waals surface area contributed by atoms with E-state index >= 15 is 0 Å². The van der Waals surface area contributed by atoms with Crippen molar-refractivity contribution in [3.8, 4) is 0 Å². The summed E-state index contributed by atoms with van der Waals surface area (Å²) in [6.45, 7) is 1.42. The summed E-state index contributed by atoms with van der Waals surface area (Å²) in [4.78, 5) is 6.33. The number of anilines is 1. The number of nitrogens with zero attached hydrogens (tertiary/aromatic N) is 4. The molecule has 0 amide bonds. The first-order valence-electron chi connectivity index (χ1n) is 5.46. The van der Waals surface area contributed by atoms with Crippen molar-refractivity contribution < 1.29 is 4.52 Å². The minimum atomic E-state index is 0.669. The molecule has 0 aliphatic carbocycles. The van der Waals surface area contributed by atoms with Gasteiger partial charge in [-0.1, -0.05) is 5.16 Å². The van der Waals surface area contributed by atoms with Crippen LogP contribution in [0.2, 0.25) is 0 Å². The molecule has 0 unspecified atom stereocenters. The van der Waals surface area contributed by atoms with E-state index in [1.807, 2.05) is 38.3 Å². The highest BCUT2D eigenvalue weighted by Crippen LogP contribution is 2.10. The Hall–Kier alpha value is -1.82. The highest BCUT2D eigenvalue weighted by molar-refractivity contribution is 5.30. The van der Waals surface area contributed by atoms with Gasteiger partial charge in [-0.3, -0.25) is 0 Å². The largest absolute Gasteiger partial charge is 0.360 e. The topological polar surface area (TPSA) is 59.1 Å². The van der Waals surface area contributed by atoms with Crippen LogP contribution in [-0.4, -0.2) is 28.8 Å². The lowest BCUT2D eigenvalue weighted by Crippen LogP contribution is -2.17. The summed E-state index contributed by atoms with van der Waals surface area (Å²) in [5.74, 6) is 1.78. The Labute approximate surface area is 100 Å². The minimum absolute atomic E-state index is 0.669. The Bertz CT molecular complexity index is 460. The van der Waals surface area contributed by atoms with Crippen molar-refractivity contribution in [1.82, 2.24) is 20.0 Å². The molecule has 2 aromatic rings. The SMILES string of the molecule is CN(C)c1ncc(CNCc2ccno2)n1C. The lowest BCUT2D eigenvalue weighted by atomic mass is 10.4. The van der Waals surface area contributed by atoms with Crippen molar-refractivity contribution in [2.24, 2.45) is 7.05 Å². The predicted octanol–water partition coefficient (Wildman–Crippen LogP) is 0.764. The highest BCUT2D eigenvalue weighted by Gasteiger charge is 2.07. The normalized spacial score (nSPS) is 10.8. The first-order chi connectivity index (χ1) is 8.18. The van der Waals surface area contributed by atoms with Crippen LogP contribution in [0.3, 0.4) is 0 Å². The smallest absolute Gasteiger partial charge is 0.204 e. The van der Waals surface area contributed by atoms with E-state index in [4.69, 9.17) is 4.52 Å². The number of nitrogens with one attached hydrogen (secondary N) is 1. The average molecular weight is 235 g/mol. The van der Waals surface area contributed by atoms with E-state index in [0.717, 1.165) is 23.9 Å². The highest BCUT2D eigenvalue weighted by atomic mass is 16.5. The molecule has 0 aliphatic heterocycles. The maximum Gasteiger partial charge on any atom is 0.204 e. The van der Waals surface area contributed by atoms with Crippen molar-refractivity contribution in [3.05, 3.63) is 29.9 Å². The van der Waals surface area contributed by atoms with Gasteiger partial charge in [0.1, 0.15) is 5.76 Å². The van der Waals surface area contributed by atoms with Gasteiger partial charge in [0.2, 0.25) is 5.95 Å². The molecule has 92 valence electrons. The second kappa shape index (κ2) is 5.01. The van der Waals surface area contributed by atoms with Gasteiger partial charge in [0, 0.05) is 33.8 Å². The maximum absolute atomic E-state index is 5.00. The van der Waals surface area contributed by atoms with Crippen molar-refractivity contribution in [2.75, 3.05) is 19.0 Å². The van der Waals surface area contributed by atoms with Crippen LogP contribution in [0.25, 0.3) is 0 Å². The molecular formula is C11H17N5O. The second-order valence-electron chi connectivity index (χ2n) is 4.09. The molecule has 6 heteroatoms. The number of aromatic nitrogens is 3. The van der Waals surface area contributed by atoms with E-state index in [-0.39, 0.29) is 0 Å². The van der Waals surface area contributed by atoms with Crippen LogP contribution in [-0.2, 0) is 20.1 Å². The summed E-state index contributed by atoms with van der Waals surface area (Å²) in [5.41, 5.74) is 1.13. The molecule has 6 nitrogen and oxygen atoms in total. The van der Waals surface area contributed by atoms with Crippen molar-refractivity contribution in [3.63, 3.8) is 0 Å². The summed E-state index contributed by atoms with van der Waals surface area (Å²) < 4.78 is 7.06. The van der Waals surface area contributed by atoms with Gasteiger partial charge in [-0.25, -0.2) is 4.98 Å². The van der Waals surface area contributed by atoms with Gasteiger partial charge in [0.25, 0.3) is 0 Å². The molecular weight excluding hydrogens is 218 g/mol. The third kappa shape index (κ3) is 2.65. The van der Waals surface area contributed by atoms with Crippen LogP contribution >= 0.6 is 0 Å². The van der Waals surface area contributed by atoms with Gasteiger partial charge in [0.05, 0.1) is 24.6 Å². The molecule has 0 saturated carbocycles. The summed E-state index contributed by atoms with van der Waals surface area (Å²) in [7, 11) is 5.97. The van der Waals surface area contributed by atoms with Crippen LogP contribution in [0.15, 0.2) is 23.0 Å². The quantitative estimate of drug-likeness (QED) is 0.829. The van der Waals surface area contributed by atoms with Crippen molar-refractivity contribution in [1.29, 1.82) is 0 Å². The number of hydrogen-bond donors (Lipinski definition) is 1. The van der Waals surface area contributed by atoms with E-state index < -0.39 is 0 Å². The molecule has 0 radical (unpaired) electrons. The molecule has 2 rings (SSSR count). The van der Waals surface area contributed by atoms with E-state index in [1.54, 1.807) is 6.20 Å². The summed E-state index contributed by atoms with van der Waals surface area (Å²) in [5, 5.41) is 6.94. The fourth-order valence-corrected chi connectivity index (χ4v) is 1.66. The van der Waals surface area contributed by atoms with Gasteiger partial charge in [-0.15, -0.1) is 0 Å². The Morgan fingerprint density at radius 1 is 1.41 bits per heavy atom. The molecule has 1 N–H and O–H groups in total. The first kappa shape index (κ1) is 11.7. The van der Waals surface area contributed by atoms with Crippen molar-refractivity contribution in [2.45, 2.75) is 13.1 Å². The summed E-state index contributed by atoms with van der Waals surface area (Å²) in [6.07, 6.45) is 3.52. The molecule has 0 fully saturated rings. The van der Waals surface area contributed by atoms with Crippen LogP contribution in [0.1, 0.15) is 11.5 Å². The Balaban J connectivity index is 1.91. The van der Waals surface area contributed by atoms with Crippen LogP contribution in [0, 0.1) is 0 Å². The molecule has 0 aliphatic rings. The standard InChI is InChI=1S/C11H17N5O/c1-15(2)11-13-7-9(16(11)3)6-12-8-10-4-5-14-17-10/h4-5,7,12H,6,8H2,1-3H3. The monoisotopic (exact) mass is 235 g/mol. The Kier molecular flexibility index (Phi) is 3.43. The average Bonchev–Trinajstić information content (AvgIpc) is 2.89. The lowest BCUT2D eigenvalue weighted by molar-refractivity contribution is 0.372. The zero-order chi connectivity index (χ0) is 12.3. The predicted molar refractivity (Wildman–Crippen MR) is 64.6 cm³/mol. The molecule has 0 bridgehead atoms.